The van der Waals surface area contributed by atoms with Gasteiger partial charge < -0.3 is 0 Å². The van der Waals surface area contributed by atoms with E-state index in [2.05, 4.69) is 67.5 Å². The molecule has 4 aliphatic rings. The zero-order valence-corrected chi connectivity index (χ0v) is 31.2. The van der Waals surface area contributed by atoms with Crippen molar-refractivity contribution in [1.29, 1.82) is 0 Å². The molecule has 2 heteroatoms. The average Bonchev–Trinajstić information content (AvgIpc) is 3.91. The second kappa shape index (κ2) is 16.6. The van der Waals surface area contributed by atoms with Crippen LogP contribution in [-0.4, -0.2) is 11.6 Å². The summed E-state index contributed by atoms with van der Waals surface area (Å²) in [4.78, 5) is 29.5. The quantitative estimate of drug-likeness (QED) is 0.0870. The maximum Gasteiger partial charge on any atom is 0.140 e. The summed E-state index contributed by atoms with van der Waals surface area (Å²) in [5.41, 5.74) is 4.89. The predicted molar refractivity (Wildman–Crippen MR) is 201 cm³/mol. The zero-order chi connectivity index (χ0) is 34.5. The molecule has 2 nitrogen and oxygen atoms in total. The van der Waals surface area contributed by atoms with Gasteiger partial charge in [-0.3, -0.25) is 9.59 Å². The van der Waals surface area contributed by atoms with Crippen molar-refractivity contribution >= 4 is 11.6 Å². The smallest absolute Gasteiger partial charge is 0.140 e. The fourth-order valence-corrected chi connectivity index (χ4v) is 9.83. The van der Waals surface area contributed by atoms with Gasteiger partial charge in [-0.25, -0.2) is 0 Å². The molecule has 0 saturated heterocycles. The van der Waals surface area contributed by atoms with E-state index in [1.807, 2.05) is 6.08 Å². The predicted octanol–water partition coefficient (Wildman–Crippen LogP) is 12.5. The molecule has 8 unspecified atom stereocenters. The summed E-state index contributed by atoms with van der Waals surface area (Å²) in [5.74, 6) is 3.76. The number of carbonyl (C=O) groups is 2. The highest BCUT2D eigenvalue weighted by Gasteiger charge is 2.69. The average molecular weight is 643 g/mol. The summed E-state index contributed by atoms with van der Waals surface area (Å²) in [6.07, 6.45) is 19.7. The van der Waals surface area contributed by atoms with Crippen LogP contribution in [0.25, 0.3) is 0 Å². The molecule has 0 bridgehead atoms. The minimum absolute atomic E-state index is 0.0188. The molecule has 0 amide bonds. The van der Waals surface area contributed by atoms with Crippen molar-refractivity contribution in [2.45, 2.75) is 144 Å². The molecule has 0 aliphatic heterocycles. The van der Waals surface area contributed by atoms with E-state index in [1.165, 1.54) is 43.3 Å². The Morgan fingerprint density at radius 3 is 2.28 bits per heavy atom. The van der Waals surface area contributed by atoms with Crippen molar-refractivity contribution in [3.05, 3.63) is 61.3 Å². The van der Waals surface area contributed by atoms with Gasteiger partial charge in [-0.1, -0.05) is 109 Å². The van der Waals surface area contributed by atoms with E-state index < -0.39 is 0 Å². The van der Waals surface area contributed by atoms with Crippen LogP contribution in [0.3, 0.4) is 0 Å². The zero-order valence-electron chi connectivity index (χ0n) is 31.2. The first-order valence-electron chi connectivity index (χ1n) is 19.7. The first-order chi connectivity index (χ1) is 22.3. The third-order valence-electron chi connectivity index (χ3n) is 13.3. The van der Waals surface area contributed by atoms with Crippen molar-refractivity contribution in [2.75, 3.05) is 0 Å². The van der Waals surface area contributed by atoms with Crippen molar-refractivity contribution in [3.8, 4) is 0 Å². The lowest BCUT2D eigenvalue weighted by atomic mass is 9.66. The highest BCUT2D eigenvalue weighted by atomic mass is 16.1. The molecule has 0 radical (unpaired) electrons. The summed E-state index contributed by atoms with van der Waals surface area (Å²) < 4.78 is 0. The van der Waals surface area contributed by atoms with Gasteiger partial charge in [0, 0.05) is 24.2 Å². The molecule has 4 aliphatic carbocycles. The summed E-state index contributed by atoms with van der Waals surface area (Å²) in [6, 6.07) is 0. The van der Waals surface area contributed by atoms with E-state index in [9.17, 15) is 4.79 Å². The lowest BCUT2D eigenvalue weighted by Gasteiger charge is -2.38. The first kappa shape index (κ1) is 37.9. The number of Topliss-reactive ketones (excluding diaryl/α,β-unsaturated/α-hetero) is 2. The maximum absolute atomic E-state index is 15.0. The van der Waals surface area contributed by atoms with Gasteiger partial charge in [-0.05, 0) is 129 Å². The van der Waals surface area contributed by atoms with Gasteiger partial charge in [0.1, 0.15) is 11.6 Å². The molecule has 4 saturated carbocycles. The number of carbonyl (C=O) groups excluding carboxylic acids is 2. The minimum atomic E-state index is -0.157. The highest BCUT2D eigenvalue weighted by Crippen LogP contribution is 2.71. The van der Waals surface area contributed by atoms with Gasteiger partial charge in [0.05, 0.1) is 0 Å². The van der Waals surface area contributed by atoms with Crippen LogP contribution in [0.2, 0.25) is 0 Å². The number of allylic oxidation sites excluding steroid dienone is 5. The molecule has 0 aromatic heterocycles. The summed E-state index contributed by atoms with van der Waals surface area (Å²) in [6.45, 7) is 33.2. The van der Waals surface area contributed by atoms with Crippen molar-refractivity contribution < 1.29 is 9.59 Å². The van der Waals surface area contributed by atoms with Gasteiger partial charge in [-0.2, -0.15) is 0 Å². The van der Waals surface area contributed by atoms with Crippen molar-refractivity contribution in [2.24, 2.45) is 64.6 Å². The molecule has 47 heavy (non-hydrogen) atoms. The molecule has 0 aromatic carbocycles. The molecular weight excluding hydrogens is 572 g/mol. The van der Waals surface area contributed by atoms with Crippen LogP contribution in [-0.2, 0) is 9.59 Å². The molecule has 8 atom stereocenters. The molecule has 4 rings (SSSR count). The van der Waals surface area contributed by atoms with E-state index in [4.69, 9.17) is 0 Å². The van der Waals surface area contributed by atoms with E-state index in [0.717, 1.165) is 87.7 Å². The van der Waals surface area contributed by atoms with Gasteiger partial charge in [-0.15, -0.1) is 6.58 Å². The Kier molecular flexibility index (Phi) is 13.4. The Hall–Kier alpha value is -1.96. The Labute approximate surface area is 290 Å². The Morgan fingerprint density at radius 1 is 0.915 bits per heavy atom. The molecule has 0 heterocycles. The molecule has 0 N–H and O–H groups in total. The Bertz CT molecular complexity index is 1180. The minimum Gasteiger partial charge on any atom is -0.299 e. The number of hydrogen-bond donors (Lipinski definition) is 0. The maximum atomic E-state index is 15.0. The van der Waals surface area contributed by atoms with Crippen LogP contribution in [0.4, 0.5) is 0 Å². The van der Waals surface area contributed by atoms with Crippen molar-refractivity contribution in [3.63, 3.8) is 0 Å². The number of hydrogen-bond acceptors (Lipinski definition) is 2. The fourth-order valence-electron chi connectivity index (χ4n) is 9.83. The normalized spacial score (nSPS) is 29.1. The SMILES string of the molecule is C=CCCC(=C)C(=C)C(CCC)CC(=O)C1C(C(=O)C(CC(=C)CCC(C)C)C2CCCC(C(=C)CCC3CC3)C2)CC2C1C2(C)C. The Balaban J connectivity index is 1.54. The van der Waals surface area contributed by atoms with Gasteiger partial charge in [0.2, 0.25) is 0 Å². The second-order valence-corrected chi connectivity index (χ2v) is 17.6. The number of rotatable bonds is 22. The monoisotopic (exact) mass is 643 g/mol. The lowest BCUT2D eigenvalue weighted by Crippen LogP contribution is -2.39. The largest absolute Gasteiger partial charge is 0.299 e. The van der Waals surface area contributed by atoms with Gasteiger partial charge in [0.25, 0.3) is 0 Å². The van der Waals surface area contributed by atoms with Crippen LogP contribution in [0.5, 0.6) is 0 Å². The van der Waals surface area contributed by atoms with Crippen LogP contribution < -0.4 is 0 Å². The molecule has 4 fully saturated rings. The molecular formula is C45H70O2. The van der Waals surface area contributed by atoms with E-state index in [1.54, 1.807) is 0 Å². The van der Waals surface area contributed by atoms with Crippen LogP contribution in [0, 0.1) is 64.6 Å². The summed E-state index contributed by atoms with van der Waals surface area (Å²) in [7, 11) is 0. The van der Waals surface area contributed by atoms with Gasteiger partial charge >= 0.3 is 0 Å². The van der Waals surface area contributed by atoms with Crippen LogP contribution in [0.15, 0.2) is 61.3 Å². The summed E-state index contributed by atoms with van der Waals surface area (Å²) >= 11 is 0. The van der Waals surface area contributed by atoms with Crippen LogP contribution >= 0.6 is 0 Å². The number of ketones is 2. The topological polar surface area (TPSA) is 34.1 Å². The van der Waals surface area contributed by atoms with E-state index in [0.29, 0.717) is 47.6 Å². The molecule has 0 spiro atoms. The van der Waals surface area contributed by atoms with Crippen molar-refractivity contribution in [1.82, 2.24) is 0 Å². The number of fused-ring (bicyclic) bond motifs is 1. The second-order valence-electron chi connectivity index (χ2n) is 17.6. The first-order valence-corrected chi connectivity index (χ1v) is 19.7. The van der Waals surface area contributed by atoms with E-state index >= 15 is 4.79 Å². The Morgan fingerprint density at radius 2 is 1.64 bits per heavy atom. The standard InChI is InChI=1S/C45H70O2/c1-11-13-16-31(6)33(8)36(15-12-2)27-41(46)42-39(28-40-43(42)45(40,9)10)44(47)38(25-30(5)20-19-29(3)4)37-18-14-17-35(26-37)32(7)21-22-34-23-24-34/h11,29,34-40,42-43H,1,5-8,12-28H2,2-4,9-10H3. The molecule has 0 aromatic rings. The third-order valence-corrected chi connectivity index (χ3v) is 13.3. The molecule has 262 valence electrons. The summed E-state index contributed by atoms with van der Waals surface area (Å²) in [5, 5.41) is 0. The van der Waals surface area contributed by atoms with Gasteiger partial charge in [0.15, 0.2) is 0 Å². The van der Waals surface area contributed by atoms with E-state index in [-0.39, 0.29) is 29.1 Å². The van der Waals surface area contributed by atoms with Crippen LogP contribution in [0.1, 0.15) is 144 Å². The lowest BCUT2D eigenvalue weighted by molar-refractivity contribution is -0.137. The third kappa shape index (κ3) is 9.60. The fraction of sp³-hybridized carbons (Fsp3) is 0.733. The highest BCUT2D eigenvalue weighted by molar-refractivity contribution is 5.93.